The molecule has 1 saturated carbocycles. The van der Waals surface area contributed by atoms with Gasteiger partial charge in [-0.1, -0.05) is 35.3 Å². The molecule has 3 atom stereocenters. The molecule has 4 heterocycles. The number of aromatic amines is 1. The molecule has 4 aromatic rings. The fourth-order valence-electron chi connectivity index (χ4n) is 6.70. The zero-order chi connectivity index (χ0) is 27.7. The minimum Gasteiger partial charge on any atom is -0.379 e. The van der Waals surface area contributed by atoms with Crippen molar-refractivity contribution in [1.29, 1.82) is 5.26 Å². The third-order valence-corrected chi connectivity index (χ3v) is 9.50. The molecule has 6 nitrogen and oxygen atoms in total. The van der Waals surface area contributed by atoms with Gasteiger partial charge < -0.3 is 14.6 Å². The maximum atomic E-state index is 16.5. The summed E-state index contributed by atoms with van der Waals surface area (Å²) in [5.41, 5.74) is 4.07. The molecule has 7 rings (SSSR count). The summed E-state index contributed by atoms with van der Waals surface area (Å²) in [7, 11) is 0. The van der Waals surface area contributed by atoms with Crippen LogP contribution in [0.2, 0.25) is 10.0 Å². The lowest BCUT2D eigenvalue weighted by atomic mass is 9.93. The van der Waals surface area contributed by atoms with Gasteiger partial charge in [0.15, 0.2) is 5.82 Å². The summed E-state index contributed by atoms with van der Waals surface area (Å²) in [6.45, 7) is 3.05. The number of likely N-dealkylation sites (tertiary alicyclic amines) is 1. The van der Waals surface area contributed by atoms with Gasteiger partial charge in [-0.05, 0) is 56.4 Å². The minimum absolute atomic E-state index is 0.0826. The van der Waals surface area contributed by atoms with E-state index in [1.54, 1.807) is 18.2 Å². The highest BCUT2D eigenvalue weighted by Crippen LogP contribution is 2.48. The summed E-state index contributed by atoms with van der Waals surface area (Å²) >= 11 is 12.8. The number of rotatable bonds is 5. The van der Waals surface area contributed by atoms with E-state index >= 15 is 4.39 Å². The molecule has 3 unspecified atom stereocenters. The van der Waals surface area contributed by atoms with Gasteiger partial charge in [0.1, 0.15) is 5.52 Å². The smallest absolute Gasteiger partial charge is 0.226 e. The second kappa shape index (κ2) is 9.73. The lowest BCUT2D eigenvalue weighted by Crippen LogP contribution is -2.40. The Hall–Kier alpha value is -3.18. The Morgan fingerprint density at radius 3 is 2.85 bits per heavy atom. The Balaban J connectivity index is 1.43. The van der Waals surface area contributed by atoms with E-state index in [4.69, 9.17) is 32.9 Å². The summed E-state index contributed by atoms with van der Waals surface area (Å²) in [5, 5.41) is 11.5. The normalized spacial score (nSPS) is 22.3. The first-order valence-electron chi connectivity index (χ1n) is 13.7. The molecule has 3 fully saturated rings. The highest BCUT2D eigenvalue weighted by molar-refractivity contribution is 6.43. The summed E-state index contributed by atoms with van der Waals surface area (Å²) in [6, 6.07) is 11.3. The Morgan fingerprint density at radius 1 is 1.25 bits per heavy atom. The number of hydrogen-bond donors (Lipinski definition) is 1. The van der Waals surface area contributed by atoms with Crippen LogP contribution in [0.25, 0.3) is 32.9 Å². The fraction of sp³-hybridized carbons (Fsp3) is 0.387. The summed E-state index contributed by atoms with van der Waals surface area (Å²) < 4.78 is 22.4. The van der Waals surface area contributed by atoms with Crippen molar-refractivity contribution in [3.05, 3.63) is 63.1 Å². The first-order chi connectivity index (χ1) is 19.4. The van der Waals surface area contributed by atoms with Gasteiger partial charge >= 0.3 is 0 Å². The Morgan fingerprint density at radius 2 is 2.08 bits per heavy atom. The van der Waals surface area contributed by atoms with Gasteiger partial charge in [-0.3, -0.25) is 4.79 Å². The van der Waals surface area contributed by atoms with E-state index in [-0.39, 0.29) is 46.8 Å². The van der Waals surface area contributed by atoms with Crippen LogP contribution in [-0.4, -0.2) is 40.0 Å². The molecule has 9 heteroatoms. The van der Waals surface area contributed by atoms with E-state index in [1.807, 2.05) is 13.0 Å². The molecule has 40 heavy (non-hydrogen) atoms. The third kappa shape index (κ3) is 4.00. The lowest BCUT2D eigenvalue weighted by molar-refractivity contribution is -0.136. The standard InChI is InChI=1S/C31H27Cl2FN4O2/c1-15-21-12-24(30-18-10-19(14-40-13-18)38(30)31(39)16-7-8-16)37-28(21)22-11-17(4-3-9-35)25(27(34)29(22)36-15)20-5-2-6-23(32)26(20)33/h2,5-6,11-12,16,18-19,30,37H,3-4,7-8,10,13-14H2,1H3. The van der Waals surface area contributed by atoms with Gasteiger partial charge in [-0.2, -0.15) is 5.26 Å². The van der Waals surface area contributed by atoms with E-state index in [0.717, 1.165) is 35.9 Å². The van der Waals surface area contributed by atoms with Crippen LogP contribution in [0.5, 0.6) is 0 Å². The number of aryl methyl sites for hydroxylation is 2. The SMILES string of the molecule is Cc1nc2c(F)c(-c3cccc(Cl)c3Cl)c(CCC#N)cc2c2[nH]c(C3C4COCC(C4)N3C(=O)C3CC3)cc12. The van der Waals surface area contributed by atoms with Crippen molar-refractivity contribution >= 4 is 50.9 Å². The number of H-pyrrole nitrogens is 1. The van der Waals surface area contributed by atoms with Crippen molar-refractivity contribution in [3.63, 3.8) is 0 Å². The molecule has 1 aliphatic carbocycles. The molecule has 2 bridgehead atoms. The summed E-state index contributed by atoms with van der Waals surface area (Å²) in [4.78, 5) is 23.8. The number of fused-ring (bicyclic) bond motifs is 5. The number of hydrogen-bond acceptors (Lipinski definition) is 4. The predicted octanol–water partition coefficient (Wildman–Crippen LogP) is 7.29. The van der Waals surface area contributed by atoms with Crippen molar-refractivity contribution < 1.29 is 13.9 Å². The van der Waals surface area contributed by atoms with Gasteiger partial charge in [0.2, 0.25) is 5.91 Å². The average Bonchev–Trinajstić information content (AvgIpc) is 3.65. The highest BCUT2D eigenvalue weighted by Gasteiger charge is 2.50. The van der Waals surface area contributed by atoms with Gasteiger partial charge in [-0.15, -0.1) is 0 Å². The molecule has 2 saturated heterocycles. The summed E-state index contributed by atoms with van der Waals surface area (Å²) in [5.74, 6) is 0.0400. The van der Waals surface area contributed by atoms with E-state index in [0.29, 0.717) is 52.4 Å². The molecule has 3 aliphatic rings. The average molecular weight is 577 g/mol. The van der Waals surface area contributed by atoms with Crippen LogP contribution >= 0.6 is 23.2 Å². The zero-order valence-corrected chi connectivity index (χ0v) is 23.4. The molecule has 2 aromatic carbocycles. The third-order valence-electron chi connectivity index (χ3n) is 8.68. The van der Waals surface area contributed by atoms with Crippen LogP contribution in [0.15, 0.2) is 30.3 Å². The first-order valence-corrected chi connectivity index (χ1v) is 14.5. The number of amides is 1. The minimum atomic E-state index is -0.494. The molecule has 0 radical (unpaired) electrons. The number of benzene rings is 2. The molecular formula is C31H27Cl2FN4O2. The number of pyridine rings is 1. The largest absolute Gasteiger partial charge is 0.379 e. The van der Waals surface area contributed by atoms with Gasteiger partial charge in [0.25, 0.3) is 0 Å². The quantitative estimate of drug-likeness (QED) is 0.270. The molecule has 1 N–H and O–H groups in total. The Labute approximate surface area is 241 Å². The monoisotopic (exact) mass is 576 g/mol. The topological polar surface area (TPSA) is 82.0 Å². The van der Waals surface area contributed by atoms with Gasteiger partial charge in [0.05, 0.1) is 46.9 Å². The molecule has 1 amide bonds. The number of nitrogens with one attached hydrogen (secondary N) is 1. The first kappa shape index (κ1) is 25.8. The number of carbonyl (C=O) groups is 1. The van der Waals surface area contributed by atoms with Crippen LogP contribution in [0.1, 0.15) is 48.7 Å². The van der Waals surface area contributed by atoms with Crippen molar-refractivity contribution in [1.82, 2.24) is 14.9 Å². The maximum absolute atomic E-state index is 16.5. The van der Waals surface area contributed by atoms with Crippen LogP contribution in [0.3, 0.4) is 0 Å². The molecule has 2 aliphatic heterocycles. The molecule has 204 valence electrons. The number of halogens is 3. The van der Waals surface area contributed by atoms with E-state index in [1.165, 1.54) is 0 Å². The van der Waals surface area contributed by atoms with Crippen LogP contribution in [0, 0.1) is 35.9 Å². The van der Waals surface area contributed by atoms with Gasteiger partial charge in [-0.25, -0.2) is 9.37 Å². The van der Waals surface area contributed by atoms with Crippen LogP contribution < -0.4 is 0 Å². The predicted molar refractivity (Wildman–Crippen MR) is 153 cm³/mol. The second-order valence-electron chi connectivity index (χ2n) is 11.2. The second-order valence-corrected chi connectivity index (χ2v) is 12.0. The molecular weight excluding hydrogens is 550 g/mol. The van der Waals surface area contributed by atoms with Crippen molar-refractivity contribution in [3.8, 4) is 17.2 Å². The van der Waals surface area contributed by atoms with E-state index < -0.39 is 5.82 Å². The fourth-order valence-corrected chi connectivity index (χ4v) is 7.09. The van der Waals surface area contributed by atoms with Crippen LogP contribution in [0.4, 0.5) is 4.39 Å². The van der Waals surface area contributed by atoms with Gasteiger partial charge in [0, 0.05) is 51.5 Å². The molecule has 2 aromatic heterocycles. The summed E-state index contributed by atoms with van der Waals surface area (Å²) in [6.07, 6.45) is 3.39. The molecule has 0 spiro atoms. The number of ether oxygens (including phenoxy) is 1. The number of carbonyl (C=O) groups excluding carboxylic acids is 1. The number of aromatic nitrogens is 2. The van der Waals surface area contributed by atoms with E-state index in [9.17, 15) is 10.1 Å². The van der Waals surface area contributed by atoms with E-state index in [2.05, 4.69) is 22.0 Å². The number of nitriles is 1. The number of nitrogens with zero attached hydrogens (tertiary/aromatic N) is 3. The van der Waals surface area contributed by atoms with Crippen molar-refractivity contribution in [2.24, 2.45) is 11.8 Å². The maximum Gasteiger partial charge on any atom is 0.226 e. The lowest BCUT2D eigenvalue weighted by Gasteiger charge is -2.29. The van der Waals surface area contributed by atoms with Crippen LogP contribution in [-0.2, 0) is 16.0 Å². The van der Waals surface area contributed by atoms with Crippen molar-refractivity contribution in [2.75, 3.05) is 13.2 Å². The zero-order valence-electron chi connectivity index (χ0n) is 21.9. The Kier molecular flexibility index (Phi) is 6.27. The Bertz CT molecular complexity index is 1740. The van der Waals surface area contributed by atoms with Crippen molar-refractivity contribution in [2.45, 2.75) is 51.1 Å². The highest BCUT2D eigenvalue weighted by atomic mass is 35.5.